The van der Waals surface area contributed by atoms with Gasteiger partial charge < -0.3 is 19.4 Å². The smallest absolute Gasteiger partial charge is 0.339 e. The Balaban J connectivity index is 2.24. The summed E-state index contributed by atoms with van der Waals surface area (Å²) in [5.41, 5.74) is 7.47. The van der Waals surface area contributed by atoms with Crippen molar-refractivity contribution in [3.63, 3.8) is 0 Å². The summed E-state index contributed by atoms with van der Waals surface area (Å²) < 4.78 is 40.1. The quantitative estimate of drug-likeness (QED) is 0.426. The molecule has 0 aliphatic heterocycles. The Morgan fingerprint density at radius 3 is 2.35 bits per heavy atom. The highest BCUT2D eigenvalue weighted by Gasteiger charge is 2.19. The molecule has 2 aromatic rings. The van der Waals surface area contributed by atoms with Gasteiger partial charge >= 0.3 is 16.1 Å². The molecule has 0 aliphatic rings. The predicted octanol–water partition coefficient (Wildman–Crippen LogP) is 1.47. The topological polar surface area (TPSA) is 129 Å². The van der Waals surface area contributed by atoms with Crippen molar-refractivity contribution >= 4 is 22.4 Å². The highest BCUT2D eigenvalue weighted by Crippen LogP contribution is 2.30. The molecule has 2 aromatic carbocycles. The van der Waals surface area contributed by atoms with Crippen molar-refractivity contribution in [2.75, 3.05) is 14.2 Å². The van der Waals surface area contributed by atoms with Crippen LogP contribution in [0, 0.1) is 0 Å². The van der Waals surface area contributed by atoms with Crippen LogP contribution in [-0.2, 0) is 10.1 Å². The number of rotatable bonds is 7. The zero-order valence-corrected chi connectivity index (χ0v) is 14.8. The maximum atomic E-state index is 12.4. The standard InChI is InChI=1S/C16H17N3O6S/c1-23-12-4-6-13(7-5-12)26(21,22)25-14-8-3-11(9-15(14)24-2)10-18-19-16(17)20/h3-10H,1-2H3,(H3,17,19,20)/b18-10-. The lowest BCUT2D eigenvalue weighted by atomic mass is 10.2. The first-order valence-corrected chi connectivity index (χ1v) is 8.61. The molecule has 0 saturated carbocycles. The van der Waals surface area contributed by atoms with Crippen LogP contribution < -0.4 is 24.8 Å². The van der Waals surface area contributed by atoms with E-state index in [4.69, 9.17) is 19.4 Å². The molecule has 0 unspecified atom stereocenters. The van der Waals surface area contributed by atoms with E-state index in [-0.39, 0.29) is 16.4 Å². The van der Waals surface area contributed by atoms with E-state index in [1.807, 2.05) is 5.43 Å². The zero-order valence-electron chi connectivity index (χ0n) is 14.0. The van der Waals surface area contributed by atoms with Gasteiger partial charge in [0.25, 0.3) is 0 Å². The van der Waals surface area contributed by atoms with Gasteiger partial charge in [0.05, 0.1) is 20.4 Å². The van der Waals surface area contributed by atoms with Crippen LogP contribution in [0.15, 0.2) is 52.5 Å². The summed E-state index contributed by atoms with van der Waals surface area (Å²) in [5.74, 6) is 0.697. The van der Waals surface area contributed by atoms with Crippen LogP contribution in [0.2, 0.25) is 0 Å². The maximum absolute atomic E-state index is 12.4. The predicted molar refractivity (Wildman–Crippen MR) is 94.1 cm³/mol. The summed E-state index contributed by atoms with van der Waals surface area (Å²) in [6.07, 6.45) is 1.31. The van der Waals surface area contributed by atoms with Crippen molar-refractivity contribution in [1.82, 2.24) is 5.43 Å². The normalized spacial score (nSPS) is 11.2. The third-order valence-electron chi connectivity index (χ3n) is 3.12. The van der Waals surface area contributed by atoms with Crippen molar-refractivity contribution < 1.29 is 26.9 Å². The van der Waals surface area contributed by atoms with Gasteiger partial charge in [-0.3, -0.25) is 0 Å². The highest BCUT2D eigenvalue weighted by molar-refractivity contribution is 7.87. The number of carbonyl (C=O) groups is 1. The number of hydrogen-bond acceptors (Lipinski definition) is 7. The number of nitrogens with zero attached hydrogens (tertiary/aromatic N) is 1. The number of primary amides is 1. The zero-order chi connectivity index (χ0) is 19.2. The van der Waals surface area contributed by atoms with Gasteiger partial charge in [-0.2, -0.15) is 13.5 Å². The molecule has 0 bridgehead atoms. The van der Waals surface area contributed by atoms with Gasteiger partial charge in [0, 0.05) is 0 Å². The number of amides is 2. The number of methoxy groups -OCH3 is 2. The molecule has 9 nitrogen and oxygen atoms in total. The molecule has 138 valence electrons. The highest BCUT2D eigenvalue weighted by atomic mass is 32.2. The summed E-state index contributed by atoms with van der Waals surface area (Å²) in [7, 11) is -1.21. The number of urea groups is 1. The Morgan fingerprint density at radius 2 is 1.77 bits per heavy atom. The van der Waals surface area contributed by atoms with Gasteiger partial charge in [-0.05, 0) is 48.0 Å². The molecule has 26 heavy (non-hydrogen) atoms. The Hall–Kier alpha value is -3.27. The molecule has 0 aliphatic carbocycles. The van der Waals surface area contributed by atoms with Crippen molar-refractivity contribution in [2.45, 2.75) is 4.90 Å². The van der Waals surface area contributed by atoms with E-state index in [2.05, 4.69) is 5.10 Å². The van der Waals surface area contributed by atoms with Crippen LogP contribution in [-0.4, -0.2) is 34.9 Å². The fourth-order valence-corrected chi connectivity index (χ4v) is 2.85. The molecular weight excluding hydrogens is 362 g/mol. The van der Waals surface area contributed by atoms with Gasteiger partial charge in [0.1, 0.15) is 10.6 Å². The van der Waals surface area contributed by atoms with Gasteiger partial charge in [-0.1, -0.05) is 0 Å². The number of carbonyl (C=O) groups excluding carboxylic acids is 1. The second kappa shape index (κ2) is 8.21. The number of nitrogens with one attached hydrogen (secondary N) is 1. The van der Waals surface area contributed by atoms with E-state index in [0.29, 0.717) is 11.3 Å². The lowest BCUT2D eigenvalue weighted by molar-refractivity contribution is 0.249. The molecule has 2 rings (SSSR count). The third-order valence-corrected chi connectivity index (χ3v) is 4.37. The van der Waals surface area contributed by atoms with Crippen molar-refractivity contribution in [3.05, 3.63) is 48.0 Å². The second-order valence-electron chi connectivity index (χ2n) is 4.86. The average Bonchev–Trinajstić information content (AvgIpc) is 2.62. The van der Waals surface area contributed by atoms with Crippen molar-refractivity contribution in [3.8, 4) is 17.2 Å². The molecule has 0 saturated heterocycles. The van der Waals surface area contributed by atoms with Gasteiger partial charge in [-0.15, -0.1) is 0 Å². The Bertz CT molecular complexity index is 910. The van der Waals surface area contributed by atoms with E-state index < -0.39 is 16.1 Å². The molecule has 0 atom stereocenters. The number of hydrazone groups is 1. The van der Waals surface area contributed by atoms with E-state index in [9.17, 15) is 13.2 Å². The van der Waals surface area contributed by atoms with Gasteiger partial charge in [0.15, 0.2) is 11.5 Å². The summed E-state index contributed by atoms with van der Waals surface area (Å²) in [6, 6.07) is 9.40. The molecule has 0 aromatic heterocycles. The SMILES string of the molecule is COc1ccc(S(=O)(=O)Oc2ccc(/C=N\NC(N)=O)cc2OC)cc1. The first kappa shape index (κ1) is 19.1. The molecular formula is C16H17N3O6S. The van der Waals surface area contributed by atoms with Crippen LogP contribution in [0.1, 0.15) is 5.56 Å². The Morgan fingerprint density at radius 1 is 1.08 bits per heavy atom. The Kier molecular flexibility index (Phi) is 6.02. The largest absolute Gasteiger partial charge is 0.497 e. The number of ether oxygens (including phenoxy) is 2. The summed E-state index contributed by atoms with van der Waals surface area (Å²) in [6.45, 7) is 0. The molecule has 0 spiro atoms. The van der Waals surface area contributed by atoms with Crippen molar-refractivity contribution in [1.29, 1.82) is 0 Å². The molecule has 0 heterocycles. The lowest BCUT2D eigenvalue weighted by Crippen LogP contribution is -2.24. The van der Waals surface area contributed by atoms with Crippen LogP contribution >= 0.6 is 0 Å². The van der Waals surface area contributed by atoms with E-state index in [1.165, 1.54) is 62.9 Å². The summed E-state index contributed by atoms with van der Waals surface area (Å²) in [5, 5.41) is 3.61. The first-order valence-electron chi connectivity index (χ1n) is 7.21. The van der Waals surface area contributed by atoms with Crippen molar-refractivity contribution in [2.24, 2.45) is 10.8 Å². The minimum absolute atomic E-state index is 0.00308. The number of benzene rings is 2. The van der Waals surface area contributed by atoms with Crippen LogP contribution in [0.3, 0.4) is 0 Å². The Labute approximate surface area is 150 Å². The second-order valence-corrected chi connectivity index (χ2v) is 6.40. The van der Waals surface area contributed by atoms with E-state index >= 15 is 0 Å². The fourth-order valence-electron chi connectivity index (χ4n) is 1.91. The van der Waals surface area contributed by atoms with E-state index in [1.54, 1.807) is 0 Å². The monoisotopic (exact) mass is 379 g/mol. The lowest BCUT2D eigenvalue weighted by Gasteiger charge is -2.11. The minimum Gasteiger partial charge on any atom is -0.497 e. The molecule has 2 amide bonds. The maximum Gasteiger partial charge on any atom is 0.339 e. The molecule has 0 fully saturated rings. The minimum atomic E-state index is -4.05. The first-order chi connectivity index (χ1) is 12.4. The van der Waals surface area contributed by atoms with Gasteiger partial charge in [-0.25, -0.2) is 10.2 Å². The van der Waals surface area contributed by atoms with Crippen LogP contribution in [0.25, 0.3) is 0 Å². The van der Waals surface area contributed by atoms with Crippen LogP contribution in [0.5, 0.6) is 17.2 Å². The molecule has 10 heteroatoms. The third kappa shape index (κ3) is 4.86. The molecule has 3 N–H and O–H groups in total. The average molecular weight is 379 g/mol. The van der Waals surface area contributed by atoms with E-state index in [0.717, 1.165) is 0 Å². The molecule has 0 radical (unpaired) electrons. The number of hydrogen-bond donors (Lipinski definition) is 2. The van der Waals surface area contributed by atoms with Crippen LogP contribution in [0.4, 0.5) is 4.79 Å². The fraction of sp³-hybridized carbons (Fsp3) is 0.125. The summed E-state index contributed by atoms with van der Waals surface area (Å²) >= 11 is 0. The number of nitrogens with two attached hydrogens (primary N) is 1. The van der Waals surface area contributed by atoms with Gasteiger partial charge in [0.2, 0.25) is 0 Å². The summed E-state index contributed by atoms with van der Waals surface area (Å²) in [4.78, 5) is 10.5.